The molecule has 21 heavy (non-hydrogen) atoms. The quantitative estimate of drug-likeness (QED) is 0.316. The van der Waals surface area contributed by atoms with Gasteiger partial charge in [-0.3, -0.25) is 4.79 Å². The third-order valence-corrected chi connectivity index (χ3v) is 2.33. The molecule has 1 aromatic rings. The Bertz CT molecular complexity index is 523. The fourth-order valence-electron chi connectivity index (χ4n) is 1.20. The van der Waals surface area contributed by atoms with Crippen LogP contribution in [0, 0.1) is 5.82 Å². The third-order valence-electron chi connectivity index (χ3n) is 2.05. The summed E-state index contributed by atoms with van der Waals surface area (Å²) in [5, 5.41) is -1.78. The fraction of sp³-hybridized carbons (Fsp3) is 0.222. The first-order chi connectivity index (χ1) is 8.85. The zero-order valence-corrected chi connectivity index (χ0v) is 11.8. The molecule has 2 N–H and O–H groups in total. The first kappa shape index (κ1) is 19.9. The lowest BCUT2D eigenvalue weighted by atomic mass is 10.2. The Morgan fingerprint density at radius 3 is 1.95 bits per heavy atom. The van der Waals surface area contributed by atoms with E-state index in [1.807, 2.05) is 0 Å². The lowest BCUT2D eigenvalue weighted by Gasteiger charge is -2.20. The maximum Gasteiger partial charge on any atom is 0.473 e. The maximum absolute atomic E-state index is 13.4. The summed E-state index contributed by atoms with van der Waals surface area (Å²) in [6, 6.07) is 0.0359. The number of carbonyl (C=O) groups excluding carboxylic acids is 1. The highest BCUT2D eigenvalue weighted by Gasteiger charge is 2.44. The van der Waals surface area contributed by atoms with Crippen molar-refractivity contribution in [3.05, 3.63) is 28.5 Å². The molecule has 1 rings (SSSR count). The first-order valence-electron chi connectivity index (χ1n) is 4.58. The van der Waals surface area contributed by atoms with Crippen LogP contribution in [0.2, 0.25) is 5.02 Å². The minimum absolute atomic E-state index is 0. The lowest BCUT2D eigenvalue weighted by Crippen LogP contribution is -3.00. The van der Waals surface area contributed by atoms with Gasteiger partial charge in [0.1, 0.15) is 5.69 Å². The van der Waals surface area contributed by atoms with Crippen molar-refractivity contribution in [3.8, 4) is 0 Å². The van der Waals surface area contributed by atoms with Crippen molar-refractivity contribution in [3.63, 3.8) is 0 Å². The van der Waals surface area contributed by atoms with Crippen LogP contribution in [0.1, 0.15) is 5.56 Å². The van der Waals surface area contributed by atoms with Gasteiger partial charge >= 0.3 is 18.3 Å². The number of carbonyl (C=O) groups is 1. The van der Waals surface area contributed by atoms with E-state index in [2.05, 4.69) is 0 Å². The summed E-state index contributed by atoms with van der Waals surface area (Å²) in [7, 11) is 0. The summed E-state index contributed by atoms with van der Waals surface area (Å²) in [6.07, 6.45) is -10.4. The summed E-state index contributed by atoms with van der Waals surface area (Å²) in [5.41, 5.74) is -2.83. The molecule has 0 saturated carbocycles. The van der Waals surface area contributed by atoms with Crippen molar-refractivity contribution in [2.45, 2.75) is 12.4 Å². The Kier molecular flexibility index (Phi) is 6.04. The molecule has 12 heteroatoms. The topological polar surface area (TPSA) is 46.3 Å². The van der Waals surface area contributed by atoms with Gasteiger partial charge in [-0.2, -0.15) is 26.3 Å². The summed E-state index contributed by atoms with van der Waals surface area (Å²) in [6.45, 7) is 0. The number of nitrogens with two attached hydrogens (primary N) is 1. The largest absolute Gasteiger partial charge is 1.00 e. The van der Waals surface area contributed by atoms with Crippen molar-refractivity contribution < 1.29 is 52.5 Å². The van der Waals surface area contributed by atoms with Crippen LogP contribution in [0.3, 0.4) is 0 Å². The van der Waals surface area contributed by atoms with E-state index in [-0.39, 0.29) is 29.1 Å². The molecule has 1 aromatic carbocycles. The van der Waals surface area contributed by atoms with Gasteiger partial charge in [-0.05, 0) is 12.1 Å². The number of amides is 1. The second-order valence-electron chi connectivity index (χ2n) is 3.46. The average Bonchev–Trinajstić information content (AvgIpc) is 2.24. The van der Waals surface area contributed by atoms with Crippen LogP contribution in [-0.2, 0) is 11.0 Å². The van der Waals surface area contributed by atoms with E-state index in [0.29, 0.717) is 0 Å². The molecule has 0 bridgehead atoms. The number of alkyl halides is 6. The van der Waals surface area contributed by atoms with Crippen LogP contribution >= 0.6 is 11.6 Å². The van der Waals surface area contributed by atoms with Crippen LogP contribution in [0.25, 0.3) is 0 Å². The third kappa shape index (κ3) is 4.45. The van der Waals surface area contributed by atoms with E-state index in [9.17, 15) is 35.5 Å². The van der Waals surface area contributed by atoms with Gasteiger partial charge in [-0.1, -0.05) is 11.6 Å². The Morgan fingerprint density at radius 1 is 1.14 bits per heavy atom. The average molecular weight is 404 g/mol. The van der Waals surface area contributed by atoms with Crippen LogP contribution in [0.4, 0.5) is 36.4 Å². The number of rotatable bonds is 1. The number of benzene rings is 1. The van der Waals surface area contributed by atoms with Gasteiger partial charge in [0, 0.05) is 0 Å². The van der Waals surface area contributed by atoms with E-state index in [1.54, 1.807) is 0 Å². The molecule has 120 valence electrons. The maximum atomic E-state index is 13.4. The Balaban J connectivity index is 0.00000400. The van der Waals surface area contributed by atoms with Crippen molar-refractivity contribution >= 4 is 23.2 Å². The summed E-state index contributed by atoms with van der Waals surface area (Å²) in [4.78, 5) is 10.8. The standard InChI is InChI=1S/C9H4ClF7N2O.BrH/c10-4-1-3(8(12,13)14)2-5(11)6(4)19(18)7(20)9(15,16)17;/h1-2H,18H2;1H/p-1. The molecule has 0 aromatic heterocycles. The highest BCUT2D eigenvalue weighted by atomic mass is 79.9. The second kappa shape index (κ2) is 6.36. The normalized spacial score (nSPS) is 11.9. The second-order valence-corrected chi connectivity index (χ2v) is 3.87. The van der Waals surface area contributed by atoms with Gasteiger partial charge in [-0.25, -0.2) is 15.2 Å². The van der Waals surface area contributed by atoms with E-state index in [1.165, 1.54) is 0 Å². The van der Waals surface area contributed by atoms with Gasteiger partial charge in [0.15, 0.2) is 5.82 Å². The minimum atomic E-state index is -5.44. The smallest absolute Gasteiger partial charge is 0.473 e. The molecule has 0 fully saturated rings. The van der Waals surface area contributed by atoms with Gasteiger partial charge in [0.05, 0.1) is 10.6 Å². The molecule has 0 aliphatic heterocycles. The zero-order valence-electron chi connectivity index (χ0n) is 9.49. The number of hydrogen-bond donors (Lipinski definition) is 1. The molecule has 1 amide bonds. The van der Waals surface area contributed by atoms with Crippen LogP contribution in [0.15, 0.2) is 12.1 Å². The molecule has 0 aliphatic carbocycles. The Hall–Kier alpha value is -1.07. The SMILES string of the molecule is NN(C(=O)C(F)(F)F)c1c(F)cc(C(F)(F)F)cc1Cl.[Br-]. The van der Waals surface area contributed by atoms with Crippen molar-refractivity contribution in [2.75, 3.05) is 5.01 Å². The van der Waals surface area contributed by atoms with E-state index >= 15 is 0 Å². The van der Waals surface area contributed by atoms with Crippen molar-refractivity contribution in [1.29, 1.82) is 0 Å². The predicted octanol–water partition coefficient (Wildman–Crippen LogP) is 0.271. The molecule has 0 heterocycles. The highest BCUT2D eigenvalue weighted by molar-refractivity contribution is 6.34. The molecular formula is C9H4BrClF7N2O-. The van der Waals surface area contributed by atoms with E-state index in [0.717, 1.165) is 0 Å². The van der Waals surface area contributed by atoms with Crippen LogP contribution in [0.5, 0.6) is 0 Å². The molecular weight excluding hydrogens is 400 g/mol. The molecule has 0 spiro atoms. The number of halogens is 9. The van der Waals surface area contributed by atoms with Gasteiger partial charge < -0.3 is 17.0 Å². The number of nitrogens with zero attached hydrogens (tertiary/aromatic N) is 1. The minimum Gasteiger partial charge on any atom is -1.00 e. The first-order valence-corrected chi connectivity index (χ1v) is 4.95. The number of hydrogen-bond acceptors (Lipinski definition) is 2. The highest BCUT2D eigenvalue weighted by Crippen LogP contribution is 2.37. The molecule has 3 nitrogen and oxygen atoms in total. The Labute approximate surface area is 128 Å². The zero-order chi connectivity index (χ0) is 15.9. The van der Waals surface area contributed by atoms with E-state index in [4.69, 9.17) is 17.4 Å². The molecule has 0 aliphatic rings. The van der Waals surface area contributed by atoms with Crippen LogP contribution < -0.4 is 27.8 Å². The lowest BCUT2D eigenvalue weighted by molar-refractivity contribution is -0.170. The summed E-state index contributed by atoms with van der Waals surface area (Å²) < 4.78 is 86.7. The molecule has 0 unspecified atom stereocenters. The van der Waals surface area contributed by atoms with Crippen molar-refractivity contribution in [2.24, 2.45) is 5.84 Å². The number of anilines is 1. The van der Waals surface area contributed by atoms with Gasteiger partial charge in [-0.15, -0.1) is 0 Å². The summed E-state index contributed by atoms with van der Waals surface area (Å²) in [5.74, 6) is 0.246. The van der Waals surface area contributed by atoms with Gasteiger partial charge in [0.2, 0.25) is 0 Å². The predicted molar refractivity (Wildman–Crippen MR) is 54.1 cm³/mol. The fourth-order valence-corrected chi connectivity index (χ4v) is 1.50. The van der Waals surface area contributed by atoms with Crippen molar-refractivity contribution in [1.82, 2.24) is 0 Å². The summed E-state index contributed by atoms with van der Waals surface area (Å²) >= 11 is 5.25. The molecule has 0 saturated heterocycles. The Morgan fingerprint density at radius 2 is 1.62 bits per heavy atom. The molecule has 0 atom stereocenters. The van der Waals surface area contributed by atoms with Crippen LogP contribution in [-0.4, -0.2) is 12.1 Å². The van der Waals surface area contributed by atoms with E-state index < -0.39 is 45.4 Å². The van der Waals surface area contributed by atoms with Gasteiger partial charge in [0.25, 0.3) is 0 Å². The number of hydrazine groups is 1. The molecule has 0 radical (unpaired) electrons. The monoisotopic (exact) mass is 403 g/mol.